The van der Waals surface area contributed by atoms with Gasteiger partial charge in [-0.15, -0.1) is 0 Å². The number of rotatable bonds is 8. The van der Waals surface area contributed by atoms with Crippen molar-refractivity contribution in [2.45, 2.75) is 33.1 Å². The lowest BCUT2D eigenvalue weighted by molar-refractivity contribution is -0.137. The molecule has 164 valence electrons. The van der Waals surface area contributed by atoms with E-state index in [0.717, 1.165) is 6.20 Å². The number of anilines is 4. The molecule has 2 N–H and O–H groups in total. The van der Waals surface area contributed by atoms with Crippen LogP contribution < -0.4 is 20.1 Å². The number of hydrogen-bond donors (Lipinski definition) is 2. The summed E-state index contributed by atoms with van der Waals surface area (Å²) in [5.74, 6) is 0.985. The first kappa shape index (κ1) is 22.2. The molecule has 0 atom stereocenters. The fourth-order valence-corrected chi connectivity index (χ4v) is 2.70. The topological polar surface area (TPSA) is 68.3 Å². The number of nitrogens with one attached hydrogen (secondary N) is 2. The van der Waals surface area contributed by atoms with Gasteiger partial charge in [-0.05, 0) is 69.3 Å². The van der Waals surface area contributed by atoms with Crippen molar-refractivity contribution in [3.63, 3.8) is 0 Å². The van der Waals surface area contributed by atoms with Crippen LogP contribution in [-0.2, 0) is 6.18 Å². The van der Waals surface area contributed by atoms with E-state index in [1.54, 1.807) is 48.5 Å². The number of alkyl halides is 3. The molecule has 9 heteroatoms. The summed E-state index contributed by atoms with van der Waals surface area (Å²) in [6, 6.07) is 13.6. The van der Waals surface area contributed by atoms with Crippen LogP contribution in [0.1, 0.15) is 26.3 Å². The Balaban J connectivity index is 1.83. The number of hydrogen-bond acceptors (Lipinski definition) is 6. The van der Waals surface area contributed by atoms with Gasteiger partial charge in [0.1, 0.15) is 22.9 Å². The normalized spacial score (nSPS) is 11.3. The van der Waals surface area contributed by atoms with Crippen molar-refractivity contribution in [1.82, 2.24) is 9.97 Å². The van der Waals surface area contributed by atoms with Crippen LogP contribution in [0.4, 0.5) is 36.3 Å². The number of ether oxygens (including phenoxy) is 2. The molecule has 0 fully saturated rings. The maximum absolute atomic E-state index is 13.4. The van der Waals surface area contributed by atoms with Crippen LogP contribution in [0.3, 0.4) is 0 Å². The standard InChI is InChI=1S/C22H23F3N4O2/c1-4-30-17-9-5-15(6-10-17)27-20-19(22(23,24)25)13-26-21(29-20)28-16-7-11-18(12-8-16)31-14(2)3/h5-14H,4H2,1-3H3,(H2,26,27,28,29). The van der Waals surface area contributed by atoms with Gasteiger partial charge < -0.3 is 20.1 Å². The average molecular weight is 432 g/mol. The van der Waals surface area contributed by atoms with Gasteiger partial charge >= 0.3 is 6.18 Å². The Morgan fingerprint density at radius 2 is 1.48 bits per heavy atom. The van der Waals surface area contributed by atoms with E-state index >= 15 is 0 Å². The van der Waals surface area contributed by atoms with Gasteiger partial charge in [-0.2, -0.15) is 18.2 Å². The van der Waals surface area contributed by atoms with Gasteiger partial charge in [0.2, 0.25) is 5.95 Å². The third kappa shape index (κ3) is 6.24. The molecule has 2 aromatic carbocycles. The third-order valence-corrected chi connectivity index (χ3v) is 4.00. The van der Waals surface area contributed by atoms with Crippen molar-refractivity contribution in [2.24, 2.45) is 0 Å². The molecule has 0 saturated heterocycles. The molecular formula is C22H23F3N4O2. The average Bonchev–Trinajstić information content (AvgIpc) is 2.70. The van der Waals surface area contributed by atoms with Crippen molar-refractivity contribution in [3.05, 3.63) is 60.3 Å². The third-order valence-electron chi connectivity index (χ3n) is 4.00. The second-order valence-electron chi connectivity index (χ2n) is 6.85. The molecule has 0 aliphatic carbocycles. The van der Waals surface area contributed by atoms with Gasteiger partial charge in [0.05, 0.1) is 12.7 Å². The molecule has 0 unspecified atom stereocenters. The molecule has 0 amide bonds. The highest BCUT2D eigenvalue weighted by molar-refractivity contribution is 5.63. The number of benzene rings is 2. The molecule has 0 radical (unpaired) electrons. The van der Waals surface area contributed by atoms with Gasteiger partial charge in [0, 0.05) is 17.6 Å². The first-order valence-electron chi connectivity index (χ1n) is 9.72. The maximum atomic E-state index is 13.4. The SMILES string of the molecule is CCOc1ccc(Nc2nc(Nc3ccc(OC(C)C)cc3)ncc2C(F)(F)F)cc1. The first-order chi connectivity index (χ1) is 14.7. The van der Waals surface area contributed by atoms with E-state index in [2.05, 4.69) is 20.6 Å². The zero-order valence-electron chi connectivity index (χ0n) is 17.3. The Kier molecular flexibility index (Phi) is 6.84. The molecule has 0 spiro atoms. The smallest absolute Gasteiger partial charge is 0.421 e. The van der Waals surface area contributed by atoms with Crippen molar-refractivity contribution < 1.29 is 22.6 Å². The highest BCUT2D eigenvalue weighted by atomic mass is 19.4. The van der Waals surface area contributed by atoms with Gasteiger partial charge in [0.25, 0.3) is 0 Å². The molecule has 3 aromatic rings. The fraction of sp³-hybridized carbons (Fsp3) is 0.273. The van der Waals surface area contributed by atoms with E-state index < -0.39 is 11.7 Å². The predicted octanol–water partition coefficient (Wildman–Crippen LogP) is 6.17. The van der Waals surface area contributed by atoms with E-state index in [-0.39, 0.29) is 17.9 Å². The summed E-state index contributed by atoms with van der Waals surface area (Å²) in [6.07, 6.45) is -3.82. The van der Waals surface area contributed by atoms with Crippen LogP contribution in [0.15, 0.2) is 54.7 Å². The zero-order valence-corrected chi connectivity index (χ0v) is 17.3. The molecule has 0 aliphatic heterocycles. The van der Waals surface area contributed by atoms with Crippen molar-refractivity contribution in [1.29, 1.82) is 0 Å². The summed E-state index contributed by atoms with van der Waals surface area (Å²) in [5, 5.41) is 5.63. The molecule has 6 nitrogen and oxygen atoms in total. The molecule has 0 saturated carbocycles. The van der Waals surface area contributed by atoms with Gasteiger partial charge in [-0.25, -0.2) is 4.98 Å². The molecule has 0 bridgehead atoms. The summed E-state index contributed by atoms with van der Waals surface area (Å²) >= 11 is 0. The van der Waals surface area contributed by atoms with Crippen LogP contribution in [0.2, 0.25) is 0 Å². The van der Waals surface area contributed by atoms with E-state index in [1.165, 1.54) is 0 Å². The Morgan fingerprint density at radius 1 is 0.903 bits per heavy atom. The lowest BCUT2D eigenvalue weighted by Gasteiger charge is -2.15. The first-order valence-corrected chi connectivity index (χ1v) is 9.72. The van der Waals surface area contributed by atoms with Gasteiger partial charge in [-0.1, -0.05) is 0 Å². The van der Waals surface area contributed by atoms with Crippen LogP contribution in [0, 0.1) is 0 Å². The molecule has 31 heavy (non-hydrogen) atoms. The molecular weight excluding hydrogens is 409 g/mol. The summed E-state index contributed by atoms with van der Waals surface area (Å²) in [5.41, 5.74) is 0.0873. The fourth-order valence-electron chi connectivity index (χ4n) is 2.70. The lowest BCUT2D eigenvalue weighted by atomic mass is 10.2. The largest absolute Gasteiger partial charge is 0.494 e. The minimum absolute atomic E-state index is 0.0268. The number of nitrogens with zero attached hydrogens (tertiary/aromatic N) is 2. The number of aromatic nitrogens is 2. The highest BCUT2D eigenvalue weighted by Crippen LogP contribution is 2.35. The van der Waals surface area contributed by atoms with Crippen LogP contribution in [0.25, 0.3) is 0 Å². The highest BCUT2D eigenvalue weighted by Gasteiger charge is 2.35. The Hall–Kier alpha value is -3.49. The van der Waals surface area contributed by atoms with E-state index in [4.69, 9.17) is 9.47 Å². The van der Waals surface area contributed by atoms with Crippen LogP contribution in [-0.4, -0.2) is 22.7 Å². The van der Waals surface area contributed by atoms with Crippen molar-refractivity contribution >= 4 is 23.1 Å². The van der Waals surface area contributed by atoms with Crippen molar-refractivity contribution in [3.8, 4) is 11.5 Å². The minimum Gasteiger partial charge on any atom is -0.494 e. The van der Waals surface area contributed by atoms with Crippen LogP contribution in [0.5, 0.6) is 11.5 Å². The second-order valence-corrected chi connectivity index (χ2v) is 6.85. The quantitative estimate of drug-likeness (QED) is 0.444. The van der Waals surface area contributed by atoms with Crippen LogP contribution >= 0.6 is 0 Å². The second kappa shape index (κ2) is 9.55. The van der Waals surface area contributed by atoms with E-state index in [9.17, 15) is 13.2 Å². The van der Waals surface area contributed by atoms with Gasteiger partial charge in [0.15, 0.2) is 0 Å². The predicted molar refractivity (Wildman–Crippen MR) is 113 cm³/mol. The Labute approximate surface area is 178 Å². The zero-order chi connectivity index (χ0) is 22.4. The summed E-state index contributed by atoms with van der Waals surface area (Å²) in [6.45, 7) is 6.18. The summed E-state index contributed by atoms with van der Waals surface area (Å²) in [7, 11) is 0. The monoisotopic (exact) mass is 432 g/mol. The molecule has 0 aliphatic rings. The lowest BCUT2D eigenvalue weighted by Crippen LogP contribution is -2.12. The molecule has 1 aromatic heterocycles. The Morgan fingerprint density at radius 3 is 2.03 bits per heavy atom. The molecule has 1 heterocycles. The Bertz CT molecular complexity index is 991. The maximum Gasteiger partial charge on any atom is 0.421 e. The van der Waals surface area contributed by atoms with Crippen molar-refractivity contribution in [2.75, 3.05) is 17.2 Å². The summed E-state index contributed by atoms with van der Waals surface area (Å²) < 4.78 is 51.3. The van der Waals surface area contributed by atoms with Gasteiger partial charge in [-0.3, -0.25) is 0 Å². The van der Waals surface area contributed by atoms with E-state index in [0.29, 0.717) is 29.5 Å². The minimum atomic E-state index is -4.61. The van der Waals surface area contributed by atoms with E-state index in [1.807, 2.05) is 20.8 Å². The number of halogens is 3. The molecule has 3 rings (SSSR count). The summed E-state index contributed by atoms with van der Waals surface area (Å²) in [4.78, 5) is 7.86.